The fraction of sp³-hybridized carbons (Fsp3) is 0.714. The Kier molecular flexibility index (Phi) is 3.55. The molecule has 2 unspecified atom stereocenters. The molecule has 2 atom stereocenters. The Bertz CT molecular complexity index is 451. The van der Waals surface area contributed by atoms with Gasteiger partial charge >= 0.3 is 0 Å². The fourth-order valence-corrected chi connectivity index (χ4v) is 3.29. The van der Waals surface area contributed by atoms with E-state index in [1.165, 1.54) is 32.4 Å². The third kappa shape index (κ3) is 2.39. The lowest BCUT2D eigenvalue weighted by Crippen LogP contribution is -2.34. The van der Waals surface area contributed by atoms with Crippen molar-refractivity contribution < 1.29 is 4.74 Å². The van der Waals surface area contributed by atoms with E-state index in [-0.39, 0.29) is 0 Å². The van der Waals surface area contributed by atoms with Gasteiger partial charge in [0.2, 0.25) is 5.88 Å². The average Bonchev–Trinajstić information content (AvgIpc) is 2.99. The minimum atomic E-state index is 0.519. The van der Waals surface area contributed by atoms with E-state index in [0.717, 1.165) is 11.4 Å². The van der Waals surface area contributed by atoms with Gasteiger partial charge in [-0.25, -0.2) is 9.97 Å². The number of aromatic nitrogens is 2. The monoisotopic (exact) mass is 262 g/mol. The molecular formula is C14H22N4O. The predicted octanol–water partition coefficient (Wildman–Crippen LogP) is 1.83. The first kappa shape index (κ1) is 12.7. The van der Waals surface area contributed by atoms with E-state index in [9.17, 15) is 0 Å². The molecule has 0 aliphatic carbocycles. The molecule has 1 aromatic heterocycles. The van der Waals surface area contributed by atoms with Crippen LogP contribution >= 0.6 is 0 Å². The average molecular weight is 262 g/mol. The summed E-state index contributed by atoms with van der Waals surface area (Å²) < 4.78 is 5.53. The summed E-state index contributed by atoms with van der Waals surface area (Å²) in [5.41, 5.74) is 1.01. The quantitative estimate of drug-likeness (QED) is 0.897. The van der Waals surface area contributed by atoms with Gasteiger partial charge in [-0.1, -0.05) is 0 Å². The van der Waals surface area contributed by atoms with Gasteiger partial charge in [0.15, 0.2) is 0 Å². The third-order valence-corrected chi connectivity index (χ3v) is 4.25. The van der Waals surface area contributed by atoms with Gasteiger partial charge in [-0.15, -0.1) is 0 Å². The van der Waals surface area contributed by atoms with Gasteiger partial charge in [0.05, 0.1) is 12.2 Å². The molecule has 2 aliphatic heterocycles. The predicted molar refractivity (Wildman–Crippen MR) is 74.6 cm³/mol. The largest absolute Gasteiger partial charge is 0.478 e. The summed E-state index contributed by atoms with van der Waals surface area (Å²) in [4.78, 5) is 11.2. The lowest BCUT2D eigenvalue weighted by atomic mass is 10.1. The van der Waals surface area contributed by atoms with Crippen LogP contribution in [0.25, 0.3) is 0 Å². The van der Waals surface area contributed by atoms with Crippen LogP contribution in [0.15, 0.2) is 6.33 Å². The Morgan fingerprint density at radius 1 is 1.37 bits per heavy atom. The second-order valence-corrected chi connectivity index (χ2v) is 5.37. The zero-order valence-corrected chi connectivity index (χ0v) is 11.7. The molecule has 2 saturated heterocycles. The van der Waals surface area contributed by atoms with Crippen LogP contribution in [0.4, 0.5) is 5.82 Å². The minimum Gasteiger partial charge on any atom is -0.478 e. The SMILES string of the molecule is CCOc1ncnc(NC2CCN3CCCC23)c1C. The maximum absolute atomic E-state index is 5.53. The summed E-state index contributed by atoms with van der Waals surface area (Å²) in [5.74, 6) is 1.62. The second kappa shape index (κ2) is 5.33. The maximum Gasteiger partial charge on any atom is 0.221 e. The van der Waals surface area contributed by atoms with E-state index in [1.54, 1.807) is 6.33 Å². The molecular weight excluding hydrogens is 240 g/mol. The molecule has 0 aromatic carbocycles. The fourth-order valence-electron chi connectivity index (χ4n) is 3.29. The Balaban J connectivity index is 1.74. The minimum absolute atomic E-state index is 0.519. The van der Waals surface area contributed by atoms with Crippen molar-refractivity contribution in [1.29, 1.82) is 0 Å². The number of fused-ring (bicyclic) bond motifs is 1. The number of nitrogens with zero attached hydrogens (tertiary/aromatic N) is 3. The van der Waals surface area contributed by atoms with E-state index in [2.05, 4.69) is 20.2 Å². The lowest BCUT2D eigenvalue weighted by Gasteiger charge is -2.22. The van der Waals surface area contributed by atoms with Gasteiger partial charge < -0.3 is 10.1 Å². The van der Waals surface area contributed by atoms with Crippen LogP contribution in [0.3, 0.4) is 0 Å². The van der Waals surface area contributed by atoms with Crippen LogP contribution < -0.4 is 10.1 Å². The number of hydrogen-bond acceptors (Lipinski definition) is 5. The molecule has 5 nitrogen and oxygen atoms in total. The highest BCUT2D eigenvalue weighted by Crippen LogP contribution is 2.31. The van der Waals surface area contributed by atoms with E-state index in [1.807, 2.05) is 13.8 Å². The molecule has 1 aromatic rings. The van der Waals surface area contributed by atoms with Gasteiger partial charge in [0.1, 0.15) is 12.1 Å². The summed E-state index contributed by atoms with van der Waals surface area (Å²) in [7, 11) is 0. The molecule has 0 bridgehead atoms. The molecule has 5 heteroatoms. The third-order valence-electron chi connectivity index (χ3n) is 4.25. The molecule has 3 heterocycles. The van der Waals surface area contributed by atoms with Crippen LogP contribution in [-0.4, -0.2) is 46.6 Å². The Hall–Kier alpha value is -1.36. The van der Waals surface area contributed by atoms with Crippen LogP contribution in [0.5, 0.6) is 5.88 Å². The Morgan fingerprint density at radius 3 is 3.11 bits per heavy atom. The molecule has 0 saturated carbocycles. The molecule has 1 N–H and O–H groups in total. The summed E-state index contributed by atoms with van der Waals surface area (Å²) in [6.07, 6.45) is 5.43. The number of hydrogen-bond donors (Lipinski definition) is 1. The molecule has 2 aliphatic rings. The van der Waals surface area contributed by atoms with Crippen molar-refractivity contribution >= 4 is 5.82 Å². The highest BCUT2D eigenvalue weighted by atomic mass is 16.5. The first-order valence-electron chi connectivity index (χ1n) is 7.24. The Labute approximate surface area is 114 Å². The van der Waals surface area contributed by atoms with E-state index in [0.29, 0.717) is 24.6 Å². The Morgan fingerprint density at radius 2 is 2.26 bits per heavy atom. The van der Waals surface area contributed by atoms with E-state index in [4.69, 9.17) is 4.74 Å². The highest BCUT2D eigenvalue weighted by molar-refractivity contribution is 5.48. The van der Waals surface area contributed by atoms with Crippen molar-refractivity contribution in [3.63, 3.8) is 0 Å². The molecule has 104 valence electrons. The smallest absolute Gasteiger partial charge is 0.221 e. The number of anilines is 1. The van der Waals surface area contributed by atoms with Crippen LogP contribution in [0, 0.1) is 6.92 Å². The topological polar surface area (TPSA) is 50.3 Å². The number of rotatable bonds is 4. The standard InChI is InChI=1S/C14H22N4O/c1-3-19-14-10(2)13(15-9-16-14)17-11-6-8-18-7-4-5-12(11)18/h9,11-12H,3-8H2,1-2H3,(H,15,16,17). The summed E-state index contributed by atoms with van der Waals surface area (Å²) in [6.45, 7) is 7.11. The lowest BCUT2D eigenvalue weighted by molar-refractivity contribution is 0.317. The highest BCUT2D eigenvalue weighted by Gasteiger charge is 2.37. The molecule has 0 amide bonds. The normalized spacial score (nSPS) is 26.4. The van der Waals surface area contributed by atoms with Crippen LogP contribution in [-0.2, 0) is 0 Å². The van der Waals surface area contributed by atoms with Crippen molar-refractivity contribution in [1.82, 2.24) is 14.9 Å². The van der Waals surface area contributed by atoms with Crippen molar-refractivity contribution in [3.05, 3.63) is 11.9 Å². The van der Waals surface area contributed by atoms with Crippen LogP contribution in [0.1, 0.15) is 31.7 Å². The van der Waals surface area contributed by atoms with Gasteiger partial charge in [-0.05, 0) is 39.7 Å². The van der Waals surface area contributed by atoms with Crippen LogP contribution in [0.2, 0.25) is 0 Å². The second-order valence-electron chi connectivity index (χ2n) is 5.37. The molecule has 19 heavy (non-hydrogen) atoms. The van der Waals surface area contributed by atoms with Gasteiger partial charge in [-0.3, -0.25) is 4.90 Å². The van der Waals surface area contributed by atoms with Crippen molar-refractivity contribution in [2.75, 3.05) is 25.0 Å². The first-order chi connectivity index (χ1) is 9.29. The zero-order chi connectivity index (χ0) is 13.2. The van der Waals surface area contributed by atoms with Gasteiger partial charge in [0, 0.05) is 18.6 Å². The summed E-state index contributed by atoms with van der Waals surface area (Å²) in [5, 5.41) is 3.61. The van der Waals surface area contributed by atoms with Gasteiger partial charge in [-0.2, -0.15) is 0 Å². The molecule has 3 rings (SSSR count). The molecule has 2 fully saturated rings. The van der Waals surface area contributed by atoms with Crippen molar-refractivity contribution in [3.8, 4) is 5.88 Å². The molecule has 0 radical (unpaired) electrons. The number of ether oxygens (including phenoxy) is 1. The van der Waals surface area contributed by atoms with Gasteiger partial charge in [0.25, 0.3) is 0 Å². The summed E-state index contributed by atoms with van der Waals surface area (Å²) in [6, 6.07) is 1.20. The maximum atomic E-state index is 5.53. The van der Waals surface area contributed by atoms with Crippen molar-refractivity contribution in [2.45, 2.75) is 45.2 Å². The number of nitrogens with one attached hydrogen (secondary N) is 1. The van der Waals surface area contributed by atoms with Crippen molar-refractivity contribution in [2.24, 2.45) is 0 Å². The van der Waals surface area contributed by atoms with E-state index >= 15 is 0 Å². The summed E-state index contributed by atoms with van der Waals surface area (Å²) >= 11 is 0. The zero-order valence-electron chi connectivity index (χ0n) is 11.7. The first-order valence-corrected chi connectivity index (χ1v) is 7.24. The molecule has 0 spiro atoms. The van der Waals surface area contributed by atoms with E-state index < -0.39 is 0 Å².